The second kappa shape index (κ2) is 11.7. The predicted molar refractivity (Wildman–Crippen MR) is 134 cm³/mol. The first-order valence-electron chi connectivity index (χ1n) is 12.4. The van der Waals surface area contributed by atoms with Crippen molar-refractivity contribution in [2.24, 2.45) is 5.92 Å². The van der Waals surface area contributed by atoms with Crippen LogP contribution < -0.4 is 4.90 Å². The van der Waals surface area contributed by atoms with Gasteiger partial charge in [0.15, 0.2) is 5.16 Å². The average Bonchev–Trinajstić information content (AvgIpc) is 3.43. The van der Waals surface area contributed by atoms with E-state index in [1.54, 1.807) is 16.7 Å². The molecule has 1 amide bonds. The molecule has 2 aromatic rings. The molecule has 0 spiro atoms. The third-order valence-electron chi connectivity index (χ3n) is 6.43. The summed E-state index contributed by atoms with van der Waals surface area (Å²) in [6, 6.07) is 9.87. The van der Waals surface area contributed by atoms with Crippen molar-refractivity contribution < 1.29 is 14.3 Å². The highest BCUT2D eigenvalue weighted by atomic mass is 32.2. The van der Waals surface area contributed by atoms with Gasteiger partial charge >= 0.3 is 5.97 Å². The van der Waals surface area contributed by atoms with Crippen LogP contribution in [0.3, 0.4) is 0 Å². The van der Waals surface area contributed by atoms with Gasteiger partial charge in [0.1, 0.15) is 5.82 Å². The number of thioether (sulfide) groups is 1. The number of piperidine rings is 1. The van der Waals surface area contributed by atoms with Gasteiger partial charge in [-0.05, 0) is 56.7 Å². The monoisotopic (exact) mass is 482 g/mol. The number of hydrogen-bond donors (Lipinski definition) is 0. The summed E-state index contributed by atoms with van der Waals surface area (Å²) >= 11 is 1.63. The minimum absolute atomic E-state index is 0.0255. The van der Waals surface area contributed by atoms with E-state index < -0.39 is 0 Å². The lowest BCUT2D eigenvalue weighted by Crippen LogP contribution is -2.42. The van der Waals surface area contributed by atoms with Gasteiger partial charge in [-0.3, -0.25) is 9.59 Å². The second-order valence-corrected chi connectivity index (χ2v) is 9.82. The number of anilines is 1. The van der Waals surface area contributed by atoms with Crippen LogP contribution in [0, 0.1) is 5.92 Å². The largest absolute Gasteiger partial charge is 0.466 e. The van der Waals surface area contributed by atoms with E-state index in [1.807, 2.05) is 31.2 Å². The zero-order chi connectivity index (χ0) is 23.9. The number of aryl methyl sites for hydroxylation is 1. The molecule has 1 unspecified atom stereocenters. The number of rotatable bonds is 8. The maximum atomic E-state index is 13.0. The summed E-state index contributed by atoms with van der Waals surface area (Å²) in [5.41, 5.74) is 2.85. The van der Waals surface area contributed by atoms with Crippen LogP contribution in [0.15, 0.2) is 35.5 Å². The molecule has 1 aromatic heterocycles. The highest BCUT2D eigenvalue weighted by Crippen LogP contribution is 2.26. The molecule has 8 heteroatoms. The van der Waals surface area contributed by atoms with Crippen LogP contribution in [0.25, 0.3) is 0 Å². The number of likely N-dealkylation sites (tertiary alicyclic amines) is 1. The van der Waals surface area contributed by atoms with E-state index in [-0.39, 0.29) is 17.8 Å². The number of aromatic nitrogens is 2. The summed E-state index contributed by atoms with van der Waals surface area (Å²) in [5, 5.41) is 0.805. The fourth-order valence-electron chi connectivity index (χ4n) is 4.50. The molecule has 182 valence electrons. The van der Waals surface area contributed by atoms with E-state index in [4.69, 9.17) is 14.7 Å². The SMILES string of the molecule is CCOC(=O)C1CCCN(C(=O)c2ccc(CSc3nc(CC)cc(N4CCCC4)n3)cc2)C1. The van der Waals surface area contributed by atoms with Gasteiger partial charge in [-0.1, -0.05) is 30.8 Å². The Bertz CT molecular complexity index is 992. The molecule has 1 atom stereocenters. The van der Waals surface area contributed by atoms with Crippen LogP contribution in [-0.2, 0) is 21.7 Å². The standard InChI is InChI=1S/C26H34N4O3S/c1-3-22-16-23(29-13-5-6-14-29)28-26(27-22)34-18-19-9-11-20(12-10-19)24(31)30-15-7-8-21(17-30)25(32)33-4-2/h9-12,16,21H,3-8,13-15,17-18H2,1-2H3. The number of amides is 1. The van der Waals surface area contributed by atoms with E-state index in [0.29, 0.717) is 25.3 Å². The molecule has 3 heterocycles. The van der Waals surface area contributed by atoms with Gasteiger partial charge in [0, 0.05) is 49.3 Å². The summed E-state index contributed by atoms with van der Waals surface area (Å²) in [4.78, 5) is 38.7. The highest BCUT2D eigenvalue weighted by molar-refractivity contribution is 7.98. The number of esters is 1. The topological polar surface area (TPSA) is 75.6 Å². The molecule has 0 bridgehead atoms. The normalized spacial score (nSPS) is 18.2. The Labute approximate surface area is 206 Å². The van der Waals surface area contributed by atoms with Gasteiger partial charge in [-0.25, -0.2) is 9.97 Å². The zero-order valence-corrected chi connectivity index (χ0v) is 21.0. The Hall–Kier alpha value is -2.61. The molecule has 0 saturated carbocycles. The number of benzene rings is 1. The molecular formula is C26H34N4O3S. The Balaban J connectivity index is 1.36. The Morgan fingerprint density at radius 1 is 1.06 bits per heavy atom. The minimum Gasteiger partial charge on any atom is -0.466 e. The van der Waals surface area contributed by atoms with Crippen LogP contribution in [0.4, 0.5) is 5.82 Å². The van der Waals surface area contributed by atoms with Crippen molar-refractivity contribution in [1.29, 1.82) is 0 Å². The van der Waals surface area contributed by atoms with Crippen LogP contribution >= 0.6 is 11.8 Å². The number of hydrogen-bond acceptors (Lipinski definition) is 7. The van der Waals surface area contributed by atoms with Gasteiger partial charge in [-0.2, -0.15) is 0 Å². The smallest absolute Gasteiger partial charge is 0.310 e. The summed E-state index contributed by atoms with van der Waals surface area (Å²) in [5.74, 6) is 1.33. The highest BCUT2D eigenvalue weighted by Gasteiger charge is 2.29. The number of ether oxygens (including phenoxy) is 1. The van der Waals surface area contributed by atoms with Gasteiger partial charge in [0.25, 0.3) is 5.91 Å². The first-order chi connectivity index (χ1) is 16.6. The maximum Gasteiger partial charge on any atom is 0.310 e. The maximum absolute atomic E-state index is 13.0. The van der Waals surface area contributed by atoms with E-state index in [9.17, 15) is 9.59 Å². The Kier molecular flexibility index (Phi) is 8.43. The lowest BCUT2D eigenvalue weighted by molar-refractivity contribution is -0.149. The van der Waals surface area contributed by atoms with Crippen LogP contribution in [0.2, 0.25) is 0 Å². The van der Waals surface area contributed by atoms with Gasteiger partial charge < -0.3 is 14.5 Å². The van der Waals surface area contributed by atoms with Crippen molar-refractivity contribution in [3.8, 4) is 0 Å². The molecule has 7 nitrogen and oxygen atoms in total. The van der Waals surface area contributed by atoms with Crippen molar-refractivity contribution in [2.75, 3.05) is 37.7 Å². The van der Waals surface area contributed by atoms with Crippen molar-refractivity contribution >= 4 is 29.5 Å². The number of nitrogens with zero attached hydrogens (tertiary/aromatic N) is 4. The van der Waals surface area contributed by atoms with Gasteiger partial charge in [-0.15, -0.1) is 0 Å². The van der Waals surface area contributed by atoms with Crippen molar-refractivity contribution in [3.63, 3.8) is 0 Å². The van der Waals surface area contributed by atoms with E-state index >= 15 is 0 Å². The first-order valence-corrected chi connectivity index (χ1v) is 13.4. The Morgan fingerprint density at radius 3 is 2.53 bits per heavy atom. The minimum atomic E-state index is -0.224. The van der Waals surface area contributed by atoms with E-state index in [1.165, 1.54) is 12.8 Å². The summed E-state index contributed by atoms with van der Waals surface area (Å²) < 4.78 is 5.15. The Morgan fingerprint density at radius 2 is 1.82 bits per heavy atom. The summed E-state index contributed by atoms with van der Waals surface area (Å²) in [6.07, 6.45) is 4.93. The molecule has 2 fully saturated rings. The molecule has 0 N–H and O–H groups in total. The van der Waals surface area contributed by atoms with Crippen LogP contribution in [-0.4, -0.2) is 59.5 Å². The van der Waals surface area contributed by atoms with Gasteiger partial charge in [0.2, 0.25) is 0 Å². The molecule has 4 rings (SSSR count). The zero-order valence-electron chi connectivity index (χ0n) is 20.2. The molecule has 2 saturated heterocycles. The first kappa shape index (κ1) is 24.5. The molecule has 1 aromatic carbocycles. The fourth-order valence-corrected chi connectivity index (χ4v) is 5.33. The summed E-state index contributed by atoms with van der Waals surface area (Å²) in [7, 11) is 0. The van der Waals surface area contributed by atoms with Crippen molar-refractivity contribution in [2.45, 2.75) is 56.9 Å². The van der Waals surface area contributed by atoms with E-state index in [2.05, 4.69) is 17.9 Å². The van der Waals surface area contributed by atoms with E-state index in [0.717, 1.165) is 60.3 Å². The lowest BCUT2D eigenvalue weighted by Gasteiger charge is -2.31. The molecule has 2 aliphatic rings. The van der Waals surface area contributed by atoms with Gasteiger partial charge in [0.05, 0.1) is 12.5 Å². The summed E-state index contributed by atoms with van der Waals surface area (Å²) in [6.45, 7) is 7.54. The molecule has 0 aliphatic carbocycles. The number of carbonyl (C=O) groups is 2. The molecular weight excluding hydrogens is 448 g/mol. The third kappa shape index (κ3) is 6.09. The average molecular weight is 483 g/mol. The number of carbonyl (C=O) groups excluding carboxylic acids is 2. The second-order valence-electron chi connectivity index (χ2n) is 8.88. The fraction of sp³-hybridized carbons (Fsp3) is 0.538. The van der Waals surface area contributed by atoms with Crippen LogP contribution in [0.1, 0.15) is 61.1 Å². The van der Waals surface area contributed by atoms with Crippen LogP contribution in [0.5, 0.6) is 0 Å². The lowest BCUT2D eigenvalue weighted by atomic mass is 9.97. The molecule has 2 aliphatic heterocycles. The van der Waals surface area contributed by atoms with Crippen molar-refractivity contribution in [1.82, 2.24) is 14.9 Å². The molecule has 0 radical (unpaired) electrons. The molecule has 34 heavy (non-hydrogen) atoms. The predicted octanol–water partition coefficient (Wildman–Crippen LogP) is 4.35. The quantitative estimate of drug-likeness (QED) is 0.315. The third-order valence-corrected chi connectivity index (χ3v) is 7.35. The van der Waals surface area contributed by atoms with Crippen molar-refractivity contribution in [3.05, 3.63) is 47.2 Å².